The summed E-state index contributed by atoms with van der Waals surface area (Å²) in [6, 6.07) is 2.27. The van der Waals surface area contributed by atoms with Gasteiger partial charge in [-0.2, -0.15) is 8.67 Å². The molecule has 0 amide bonds. The van der Waals surface area contributed by atoms with Gasteiger partial charge in [0.2, 0.25) is 0 Å². The second-order valence-corrected chi connectivity index (χ2v) is 8.73. The number of halogens is 2. The number of aliphatic carboxylic acids is 1. The number of hydrogen-bond acceptors (Lipinski definition) is 12. The molecule has 0 spiro atoms. The second-order valence-electron chi connectivity index (χ2n) is 5.00. The zero-order chi connectivity index (χ0) is 21.1. The van der Waals surface area contributed by atoms with Crippen LogP contribution < -0.4 is 80.1 Å². The zero-order valence-electron chi connectivity index (χ0n) is 15.7. The summed E-state index contributed by atoms with van der Waals surface area (Å²) < 4.78 is 14.8. The van der Waals surface area contributed by atoms with Crippen LogP contribution in [0.4, 0.5) is 0 Å². The van der Waals surface area contributed by atoms with Gasteiger partial charge >= 0.3 is 71.1 Å². The van der Waals surface area contributed by atoms with Crippen LogP contribution in [0.2, 0.25) is 0 Å². The molecule has 1 aromatic rings. The maximum atomic E-state index is 12.5. The number of nitrogens with two attached hydrogens (primary N) is 1. The van der Waals surface area contributed by atoms with Crippen LogP contribution in [0, 0.1) is 13.1 Å². The maximum absolute atomic E-state index is 12.5. The van der Waals surface area contributed by atoms with E-state index in [1.54, 1.807) is 12.1 Å². The van der Waals surface area contributed by atoms with Crippen LogP contribution in [0.1, 0.15) is 5.56 Å². The van der Waals surface area contributed by atoms with Gasteiger partial charge in [-0.1, -0.05) is 0 Å². The first-order chi connectivity index (χ1) is 13.3. The molecular weight excluding hydrogens is 694 g/mol. The van der Waals surface area contributed by atoms with Crippen LogP contribution in [-0.2, 0) is 34.8 Å². The van der Waals surface area contributed by atoms with Crippen LogP contribution in [0.5, 0.6) is 5.75 Å². The molecule has 0 radical (unpaired) electrons. The normalized spacial score (nSPS) is 11.4. The average Bonchev–Trinajstić information content (AvgIpc) is 2.63. The first kappa shape index (κ1) is 34.2. The summed E-state index contributed by atoms with van der Waals surface area (Å²) in [7, 11) is 0. The summed E-state index contributed by atoms with van der Waals surface area (Å²) in [5.41, 5.74) is 6.21. The Kier molecular flexibility index (Phi) is 22.1. The molecule has 1 rings (SSSR count). The molecule has 0 saturated heterocycles. The van der Waals surface area contributed by atoms with Gasteiger partial charge in [-0.15, -0.1) is 0 Å². The molecule has 0 fully saturated rings. The van der Waals surface area contributed by atoms with Crippen LogP contribution >= 0.6 is 69.3 Å². The van der Waals surface area contributed by atoms with E-state index < -0.39 is 23.9 Å². The smallest absolute Gasteiger partial charge is 0.691 e. The Bertz CT molecular complexity index is 646. The SMILES string of the molecule is NC(Cc1cc(I)c(OC(=O)C(CSOO[O-])CSOO[O-])c(I)c1)C(=O)O.[Na+].[Na+]. The van der Waals surface area contributed by atoms with Gasteiger partial charge in [0.1, 0.15) is 6.04 Å². The predicted molar refractivity (Wildman–Crippen MR) is 110 cm³/mol. The third-order valence-corrected chi connectivity index (χ3v) is 6.04. The summed E-state index contributed by atoms with van der Waals surface area (Å²) in [4.78, 5) is 23.4. The van der Waals surface area contributed by atoms with Gasteiger partial charge in [0.15, 0.2) is 5.75 Å². The van der Waals surface area contributed by atoms with Crippen molar-refractivity contribution in [3.05, 3.63) is 24.8 Å². The Hall–Kier alpha value is 2.04. The Morgan fingerprint density at radius 2 is 1.53 bits per heavy atom. The van der Waals surface area contributed by atoms with E-state index >= 15 is 0 Å². The van der Waals surface area contributed by atoms with Crippen LogP contribution in [0.25, 0.3) is 0 Å². The van der Waals surface area contributed by atoms with Gasteiger partial charge < -0.3 is 26.1 Å². The third-order valence-electron chi connectivity index (χ3n) is 3.06. The minimum atomic E-state index is -1.12. The van der Waals surface area contributed by atoms with Gasteiger partial charge in [-0.25, -0.2) is 0 Å². The number of benzene rings is 1. The average molecular weight is 707 g/mol. The molecule has 0 aromatic heterocycles. The molecule has 11 nitrogen and oxygen atoms in total. The Labute approximate surface area is 251 Å². The summed E-state index contributed by atoms with van der Waals surface area (Å²) >= 11 is 5.06. The number of rotatable bonds is 13. The topological polar surface area (TPSA) is 173 Å². The monoisotopic (exact) mass is 707 g/mol. The molecular formula is C13H13I2NNa2O10S2. The van der Waals surface area contributed by atoms with Crippen molar-refractivity contribution < 1.29 is 108 Å². The molecule has 1 aromatic carbocycles. The van der Waals surface area contributed by atoms with Crippen molar-refractivity contribution in [2.75, 3.05) is 11.5 Å². The molecule has 1 unspecified atom stereocenters. The molecule has 30 heavy (non-hydrogen) atoms. The van der Waals surface area contributed by atoms with E-state index in [2.05, 4.69) is 18.7 Å². The van der Waals surface area contributed by atoms with E-state index in [1.165, 1.54) is 0 Å². The van der Waals surface area contributed by atoms with E-state index in [1.807, 2.05) is 45.2 Å². The van der Waals surface area contributed by atoms with E-state index in [4.69, 9.17) is 15.6 Å². The maximum Gasteiger partial charge on any atom is 1.00 e. The summed E-state index contributed by atoms with van der Waals surface area (Å²) in [6.07, 6.45) is 0.116. The van der Waals surface area contributed by atoms with Crippen molar-refractivity contribution in [3.63, 3.8) is 0 Å². The quantitative estimate of drug-likeness (QED) is 0.0291. The van der Waals surface area contributed by atoms with Gasteiger partial charge in [0.25, 0.3) is 0 Å². The molecule has 1 atom stereocenters. The van der Waals surface area contributed by atoms with E-state index in [-0.39, 0.29) is 82.8 Å². The summed E-state index contributed by atoms with van der Waals surface area (Å²) in [5, 5.41) is 35.1. The Morgan fingerprint density at radius 1 is 1.07 bits per heavy atom. The number of carbonyl (C=O) groups is 2. The van der Waals surface area contributed by atoms with Gasteiger partial charge in [-0.3, -0.25) is 19.7 Å². The van der Waals surface area contributed by atoms with Gasteiger partial charge in [0, 0.05) is 35.6 Å². The first-order valence-electron chi connectivity index (χ1n) is 7.14. The molecule has 158 valence electrons. The molecule has 0 aliphatic heterocycles. The zero-order valence-corrected chi connectivity index (χ0v) is 25.6. The van der Waals surface area contributed by atoms with Gasteiger partial charge in [0.05, 0.1) is 13.1 Å². The van der Waals surface area contributed by atoms with Crippen molar-refractivity contribution in [3.8, 4) is 5.75 Å². The molecule has 0 saturated carbocycles. The minimum Gasteiger partial charge on any atom is -0.691 e. The molecule has 0 heterocycles. The van der Waals surface area contributed by atoms with Crippen molar-refractivity contribution in [2.45, 2.75) is 12.5 Å². The molecule has 17 heteroatoms. The fraction of sp³-hybridized carbons (Fsp3) is 0.385. The minimum absolute atomic E-state index is 0. The summed E-state index contributed by atoms with van der Waals surface area (Å²) in [6.45, 7) is 0. The van der Waals surface area contributed by atoms with Crippen molar-refractivity contribution in [2.24, 2.45) is 11.7 Å². The van der Waals surface area contributed by atoms with Crippen LogP contribution in [0.3, 0.4) is 0 Å². The molecule has 3 N–H and O–H groups in total. The number of carboxylic acid groups (broad SMARTS) is 1. The predicted octanol–water partition coefficient (Wildman–Crippen LogP) is -5.88. The number of carbonyl (C=O) groups excluding carboxylic acids is 1. The van der Waals surface area contributed by atoms with E-state index in [9.17, 15) is 20.1 Å². The van der Waals surface area contributed by atoms with E-state index in [0.29, 0.717) is 36.8 Å². The standard InChI is InChI=1S/C13H15I2NO10S2.2Na/c14-8-1-6(3-10(16)12(17)18)2-9(15)11(8)22-13(19)7(4-27-25-23-20)5-28-26-24-21;;/h1-2,7,10,20-21H,3-5,16H2,(H,17,18);;/q;2*+1/p-2. The molecule has 0 bridgehead atoms. The number of hydrogen-bond donors (Lipinski definition) is 2. The van der Waals surface area contributed by atoms with Crippen molar-refractivity contribution in [1.82, 2.24) is 0 Å². The number of carboxylic acids is 1. The Morgan fingerprint density at radius 3 is 1.93 bits per heavy atom. The molecule has 0 aliphatic rings. The molecule has 0 aliphatic carbocycles. The van der Waals surface area contributed by atoms with Gasteiger partial charge in [-0.05, 0) is 69.3 Å². The van der Waals surface area contributed by atoms with E-state index in [0.717, 1.165) is 0 Å². The van der Waals surface area contributed by atoms with Crippen molar-refractivity contribution >= 4 is 81.2 Å². The third kappa shape index (κ3) is 13.1. The van der Waals surface area contributed by atoms with Crippen LogP contribution in [0.15, 0.2) is 12.1 Å². The second kappa shape index (κ2) is 19.4. The largest absolute Gasteiger partial charge is 1.00 e. The fourth-order valence-electron chi connectivity index (χ4n) is 1.80. The fourth-order valence-corrected chi connectivity index (χ4v) is 5.09. The van der Waals surface area contributed by atoms with Crippen molar-refractivity contribution in [1.29, 1.82) is 0 Å². The van der Waals surface area contributed by atoms with Crippen LogP contribution in [-0.4, -0.2) is 34.6 Å². The summed E-state index contributed by atoms with van der Waals surface area (Å²) in [5.74, 6) is -2.38. The Balaban J connectivity index is 0. The number of esters is 1. The number of ether oxygens (including phenoxy) is 1. The first-order valence-corrected chi connectivity index (χ1v) is 11.1.